The largest absolute Gasteiger partial charge is 0.492 e. The molecule has 0 aromatic heterocycles. The van der Waals surface area contributed by atoms with Gasteiger partial charge >= 0.3 is 0 Å². The van der Waals surface area contributed by atoms with Gasteiger partial charge in [-0.2, -0.15) is 0 Å². The predicted octanol–water partition coefficient (Wildman–Crippen LogP) is 4.62. The van der Waals surface area contributed by atoms with Gasteiger partial charge in [-0.15, -0.1) is 0 Å². The number of rotatable bonds is 4. The quantitative estimate of drug-likeness (QED) is 0.804. The fourth-order valence-corrected chi connectivity index (χ4v) is 3.78. The highest BCUT2D eigenvalue weighted by molar-refractivity contribution is 8.18. The van der Waals surface area contributed by atoms with E-state index in [1.54, 1.807) is 12.1 Å². The standard InChI is InChI=1S/C17H18ClNO3S/c18-13-8-12(9-15-16(20)19-17(21)23-15)6-7-14(13)22-10-11-4-2-1-3-5-11/h6-9,11H,1-5,10H2,(H,19,20,21)/b15-9-. The van der Waals surface area contributed by atoms with Crippen LogP contribution in [0.15, 0.2) is 23.1 Å². The van der Waals surface area contributed by atoms with Gasteiger partial charge in [0.05, 0.1) is 16.5 Å². The van der Waals surface area contributed by atoms with Crippen LogP contribution >= 0.6 is 23.4 Å². The van der Waals surface area contributed by atoms with Crippen molar-refractivity contribution in [3.8, 4) is 5.75 Å². The molecule has 2 fully saturated rings. The van der Waals surface area contributed by atoms with Crippen molar-refractivity contribution >= 4 is 40.6 Å². The average molecular weight is 352 g/mol. The number of thioether (sulfide) groups is 1. The highest BCUT2D eigenvalue weighted by Gasteiger charge is 2.25. The molecule has 1 aliphatic carbocycles. The minimum Gasteiger partial charge on any atom is -0.492 e. The summed E-state index contributed by atoms with van der Waals surface area (Å²) in [6.07, 6.45) is 8.00. The van der Waals surface area contributed by atoms with Crippen LogP contribution < -0.4 is 10.1 Å². The molecular weight excluding hydrogens is 334 g/mol. The summed E-state index contributed by atoms with van der Waals surface area (Å²) in [6.45, 7) is 0.701. The van der Waals surface area contributed by atoms with Crippen LogP contribution in [0.1, 0.15) is 37.7 Å². The first kappa shape index (κ1) is 16.4. The molecule has 0 unspecified atom stereocenters. The summed E-state index contributed by atoms with van der Waals surface area (Å²) in [5.74, 6) is 0.916. The van der Waals surface area contributed by atoms with Crippen LogP contribution in [0, 0.1) is 5.92 Å². The molecular formula is C17H18ClNO3S. The van der Waals surface area contributed by atoms with Crippen molar-refractivity contribution < 1.29 is 14.3 Å². The summed E-state index contributed by atoms with van der Waals surface area (Å²) >= 11 is 7.16. The van der Waals surface area contributed by atoms with Crippen molar-refractivity contribution in [3.05, 3.63) is 33.7 Å². The summed E-state index contributed by atoms with van der Waals surface area (Å²) < 4.78 is 5.85. The molecule has 3 rings (SSSR count). The lowest BCUT2D eigenvalue weighted by Gasteiger charge is -2.22. The molecule has 2 aliphatic rings. The van der Waals surface area contributed by atoms with E-state index in [0.29, 0.717) is 28.2 Å². The number of hydrogen-bond acceptors (Lipinski definition) is 4. The Morgan fingerprint density at radius 3 is 2.70 bits per heavy atom. The maximum absolute atomic E-state index is 11.5. The Morgan fingerprint density at radius 1 is 1.26 bits per heavy atom. The van der Waals surface area contributed by atoms with Crippen LogP contribution in [0.4, 0.5) is 4.79 Å². The van der Waals surface area contributed by atoms with Gasteiger partial charge in [0.1, 0.15) is 5.75 Å². The third kappa shape index (κ3) is 4.30. The SMILES string of the molecule is O=C1NC(=O)/C(=C/c2ccc(OCC3CCCCC3)c(Cl)c2)S1. The zero-order chi connectivity index (χ0) is 16.2. The normalized spacial score (nSPS) is 20.8. The number of amides is 2. The number of halogens is 1. The van der Waals surface area contributed by atoms with Gasteiger partial charge in [-0.1, -0.05) is 36.9 Å². The fraction of sp³-hybridized carbons (Fsp3) is 0.412. The summed E-state index contributed by atoms with van der Waals surface area (Å²) in [4.78, 5) is 23.1. The molecule has 1 aromatic carbocycles. The first-order chi connectivity index (χ1) is 11.1. The van der Waals surface area contributed by atoms with Gasteiger partial charge in [0.25, 0.3) is 11.1 Å². The maximum Gasteiger partial charge on any atom is 0.290 e. The number of nitrogens with one attached hydrogen (secondary N) is 1. The monoisotopic (exact) mass is 351 g/mol. The van der Waals surface area contributed by atoms with Gasteiger partial charge in [0, 0.05) is 0 Å². The van der Waals surface area contributed by atoms with E-state index in [2.05, 4.69) is 5.32 Å². The van der Waals surface area contributed by atoms with Crippen molar-refractivity contribution in [2.75, 3.05) is 6.61 Å². The molecule has 1 heterocycles. The predicted molar refractivity (Wildman–Crippen MR) is 92.6 cm³/mol. The highest BCUT2D eigenvalue weighted by Crippen LogP contribution is 2.31. The Balaban J connectivity index is 1.64. The molecule has 4 nitrogen and oxygen atoms in total. The molecule has 1 N–H and O–H groups in total. The second kappa shape index (κ2) is 7.41. The van der Waals surface area contributed by atoms with E-state index in [1.165, 1.54) is 32.1 Å². The zero-order valence-electron chi connectivity index (χ0n) is 12.6. The second-order valence-electron chi connectivity index (χ2n) is 5.86. The minimum absolute atomic E-state index is 0.347. The van der Waals surface area contributed by atoms with Crippen molar-refractivity contribution in [2.24, 2.45) is 5.92 Å². The Bertz CT molecular complexity index is 653. The third-order valence-electron chi connectivity index (χ3n) is 4.10. The van der Waals surface area contributed by atoms with E-state index in [0.717, 1.165) is 17.3 Å². The minimum atomic E-state index is -0.367. The van der Waals surface area contributed by atoms with E-state index in [9.17, 15) is 9.59 Å². The molecule has 0 radical (unpaired) electrons. The summed E-state index contributed by atoms with van der Waals surface area (Å²) in [5, 5.41) is 2.40. The number of benzene rings is 1. The van der Waals surface area contributed by atoms with Crippen LogP contribution in [0.5, 0.6) is 5.75 Å². The van der Waals surface area contributed by atoms with Gasteiger partial charge in [0.2, 0.25) is 0 Å². The van der Waals surface area contributed by atoms with Crippen molar-refractivity contribution in [1.29, 1.82) is 0 Å². The zero-order valence-corrected chi connectivity index (χ0v) is 14.2. The van der Waals surface area contributed by atoms with E-state index >= 15 is 0 Å². The molecule has 2 amide bonds. The highest BCUT2D eigenvalue weighted by atomic mass is 35.5. The van der Waals surface area contributed by atoms with Crippen molar-refractivity contribution in [3.63, 3.8) is 0 Å². The summed E-state index contributed by atoms with van der Waals surface area (Å²) in [6, 6.07) is 5.41. The molecule has 1 aliphatic heterocycles. The van der Waals surface area contributed by atoms with E-state index < -0.39 is 0 Å². The van der Waals surface area contributed by atoms with Crippen LogP contribution in [0.2, 0.25) is 5.02 Å². The van der Waals surface area contributed by atoms with Crippen LogP contribution in [0.3, 0.4) is 0 Å². The van der Waals surface area contributed by atoms with E-state index in [-0.39, 0.29) is 11.1 Å². The number of ether oxygens (including phenoxy) is 1. The number of carbonyl (C=O) groups excluding carboxylic acids is 2. The van der Waals surface area contributed by atoms with Gasteiger partial charge in [-0.25, -0.2) is 0 Å². The molecule has 122 valence electrons. The van der Waals surface area contributed by atoms with Crippen molar-refractivity contribution in [1.82, 2.24) is 5.32 Å². The smallest absolute Gasteiger partial charge is 0.290 e. The topological polar surface area (TPSA) is 55.4 Å². The molecule has 0 atom stereocenters. The van der Waals surface area contributed by atoms with Gasteiger partial charge in [-0.3, -0.25) is 14.9 Å². The molecule has 0 spiro atoms. The van der Waals surface area contributed by atoms with Gasteiger partial charge in [0.15, 0.2) is 0 Å². The fourth-order valence-electron chi connectivity index (χ4n) is 2.86. The second-order valence-corrected chi connectivity index (χ2v) is 7.28. The first-order valence-electron chi connectivity index (χ1n) is 7.79. The Hall–Kier alpha value is -1.46. The number of hydrogen-bond donors (Lipinski definition) is 1. The first-order valence-corrected chi connectivity index (χ1v) is 8.98. The lowest BCUT2D eigenvalue weighted by molar-refractivity contribution is -0.115. The van der Waals surface area contributed by atoms with Crippen molar-refractivity contribution in [2.45, 2.75) is 32.1 Å². The maximum atomic E-state index is 11.5. The van der Waals surface area contributed by atoms with Crippen LogP contribution in [0.25, 0.3) is 6.08 Å². The third-order valence-corrected chi connectivity index (χ3v) is 5.20. The van der Waals surface area contributed by atoms with Crippen LogP contribution in [-0.4, -0.2) is 17.8 Å². The summed E-state index contributed by atoms with van der Waals surface area (Å²) in [5.41, 5.74) is 0.771. The molecule has 1 saturated carbocycles. The number of imide groups is 1. The molecule has 23 heavy (non-hydrogen) atoms. The lowest BCUT2D eigenvalue weighted by Crippen LogP contribution is -2.17. The Morgan fingerprint density at radius 2 is 2.04 bits per heavy atom. The van der Waals surface area contributed by atoms with Gasteiger partial charge < -0.3 is 4.74 Å². The molecule has 0 bridgehead atoms. The Kier molecular flexibility index (Phi) is 5.28. The molecule has 1 saturated heterocycles. The van der Waals surface area contributed by atoms with Crippen LogP contribution in [-0.2, 0) is 4.79 Å². The lowest BCUT2D eigenvalue weighted by atomic mass is 9.90. The number of carbonyl (C=O) groups is 2. The molecule has 1 aromatic rings. The summed E-state index contributed by atoms with van der Waals surface area (Å²) in [7, 11) is 0. The van der Waals surface area contributed by atoms with E-state index in [4.69, 9.17) is 16.3 Å². The average Bonchev–Trinajstić information content (AvgIpc) is 2.85. The molecule has 6 heteroatoms. The Labute approximate surface area is 144 Å². The van der Waals surface area contributed by atoms with E-state index in [1.807, 2.05) is 12.1 Å². The van der Waals surface area contributed by atoms with Gasteiger partial charge in [-0.05, 0) is 54.3 Å².